The van der Waals surface area contributed by atoms with Crippen LogP contribution in [0, 0.1) is 0 Å². The molecular weight excluding hydrogens is 244 g/mol. The highest BCUT2D eigenvalue weighted by atomic mass is 32.2. The number of nitrogens with one attached hydrogen (secondary N) is 1. The monoisotopic (exact) mass is 264 g/mol. The molecule has 0 aliphatic carbocycles. The van der Waals surface area contributed by atoms with Gasteiger partial charge in [-0.15, -0.1) is 11.8 Å². The quantitative estimate of drug-likeness (QED) is 0.909. The average molecular weight is 264 g/mol. The van der Waals surface area contributed by atoms with Gasteiger partial charge in [0.05, 0.1) is 12.2 Å². The topological polar surface area (TPSA) is 32.3 Å². The van der Waals surface area contributed by atoms with E-state index >= 15 is 0 Å². The van der Waals surface area contributed by atoms with Gasteiger partial charge < -0.3 is 10.2 Å². The molecule has 1 N–H and O–H groups in total. The average Bonchev–Trinajstić information content (AvgIpc) is 2.37. The molecule has 0 saturated heterocycles. The number of benzene rings is 1. The van der Waals surface area contributed by atoms with Crippen molar-refractivity contribution in [2.24, 2.45) is 0 Å². The van der Waals surface area contributed by atoms with E-state index in [9.17, 15) is 4.79 Å². The van der Waals surface area contributed by atoms with Crippen LogP contribution < -0.4 is 10.2 Å². The molecule has 0 fully saturated rings. The second-order valence-electron chi connectivity index (χ2n) is 4.58. The maximum absolute atomic E-state index is 12.2. The molecule has 1 atom stereocenters. The highest BCUT2D eigenvalue weighted by Crippen LogP contribution is 2.40. The first-order chi connectivity index (χ1) is 8.67. The third-order valence-corrected chi connectivity index (χ3v) is 4.27. The Morgan fingerprint density at radius 1 is 1.56 bits per heavy atom. The van der Waals surface area contributed by atoms with Gasteiger partial charge in [-0.3, -0.25) is 4.79 Å². The fourth-order valence-corrected chi connectivity index (χ4v) is 3.50. The van der Waals surface area contributed by atoms with E-state index in [2.05, 4.69) is 37.4 Å². The molecule has 1 aromatic carbocycles. The van der Waals surface area contributed by atoms with Crippen LogP contribution in [-0.4, -0.2) is 31.3 Å². The van der Waals surface area contributed by atoms with E-state index in [0.29, 0.717) is 11.8 Å². The van der Waals surface area contributed by atoms with Crippen molar-refractivity contribution in [3.05, 3.63) is 23.8 Å². The maximum Gasteiger partial charge on any atom is 0.241 e. The zero-order valence-electron chi connectivity index (χ0n) is 11.2. The lowest BCUT2D eigenvalue weighted by atomic mass is 10.1. The van der Waals surface area contributed by atoms with Crippen molar-refractivity contribution in [3.63, 3.8) is 0 Å². The molecule has 0 aromatic heterocycles. The van der Waals surface area contributed by atoms with Crippen molar-refractivity contribution in [2.45, 2.75) is 30.4 Å². The minimum atomic E-state index is 0.159. The summed E-state index contributed by atoms with van der Waals surface area (Å²) in [5.74, 6) is 0.159. The number of rotatable bonds is 3. The summed E-state index contributed by atoms with van der Waals surface area (Å²) in [6.45, 7) is 5.51. The number of aryl methyl sites for hydroxylation is 1. The molecule has 1 aliphatic heterocycles. The Bertz CT molecular complexity index is 447. The standard InChI is InChI=1S/C14H20N2OS/c1-4-11-6-5-7-12-14(11)16(9-10(2)18-12)13(17)8-15-3/h5-7,10,15H,4,8-9H2,1-3H3. The Balaban J connectivity index is 2.42. The summed E-state index contributed by atoms with van der Waals surface area (Å²) < 4.78 is 0. The number of anilines is 1. The van der Waals surface area contributed by atoms with Gasteiger partial charge in [0.1, 0.15) is 0 Å². The molecule has 1 heterocycles. The summed E-state index contributed by atoms with van der Waals surface area (Å²) in [6.07, 6.45) is 0.960. The number of para-hydroxylation sites is 1. The molecule has 0 spiro atoms. The van der Waals surface area contributed by atoms with E-state index < -0.39 is 0 Å². The van der Waals surface area contributed by atoms with Crippen molar-refractivity contribution in [2.75, 3.05) is 25.0 Å². The number of amides is 1. The van der Waals surface area contributed by atoms with Gasteiger partial charge in [-0.25, -0.2) is 0 Å². The van der Waals surface area contributed by atoms with Gasteiger partial charge in [-0.2, -0.15) is 0 Å². The molecule has 2 rings (SSSR count). The van der Waals surface area contributed by atoms with Gasteiger partial charge in [0.15, 0.2) is 0 Å². The molecule has 98 valence electrons. The summed E-state index contributed by atoms with van der Waals surface area (Å²) in [5, 5.41) is 3.40. The second kappa shape index (κ2) is 5.76. The van der Waals surface area contributed by atoms with Crippen LogP contribution in [0.5, 0.6) is 0 Å². The number of hydrogen-bond donors (Lipinski definition) is 1. The molecule has 0 saturated carbocycles. The molecule has 3 nitrogen and oxygen atoms in total. The van der Waals surface area contributed by atoms with E-state index in [1.165, 1.54) is 10.5 Å². The summed E-state index contributed by atoms with van der Waals surface area (Å²) in [6, 6.07) is 6.33. The summed E-state index contributed by atoms with van der Waals surface area (Å²) in [5.41, 5.74) is 2.39. The number of fused-ring (bicyclic) bond motifs is 1. The van der Waals surface area contributed by atoms with Crippen LogP contribution in [0.25, 0.3) is 0 Å². The van der Waals surface area contributed by atoms with Crippen LogP contribution >= 0.6 is 11.8 Å². The van der Waals surface area contributed by atoms with Gasteiger partial charge in [-0.1, -0.05) is 26.0 Å². The summed E-state index contributed by atoms with van der Waals surface area (Å²) in [7, 11) is 1.81. The van der Waals surface area contributed by atoms with Crippen molar-refractivity contribution < 1.29 is 4.79 Å². The SMILES string of the molecule is CCc1cccc2c1N(C(=O)CNC)CC(C)S2. The van der Waals surface area contributed by atoms with Crippen molar-refractivity contribution in [1.29, 1.82) is 0 Å². The number of likely N-dealkylation sites (N-methyl/N-ethyl adjacent to an activating group) is 1. The van der Waals surface area contributed by atoms with Crippen LogP contribution in [0.15, 0.2) is 23.1 Å². The lowest BCUT2D eigenvalue weighted by molar-refractivity contribution is -0.117. The minimum absolute atomic E-state index is 0.159. The number of thioether (sulfide) groups is 1. The molecule has 0 radical (unpaired) electrons. The first-order valence-electron chi connectivity index (χ1n) is 6.40. The van der Waals surface area contributed by atoms with Gasteiger partial charge in [0.2, 0.25) is 5.91 Å². The van der Waals surface area contributed by atoms with Crippen molar-refractivity contribution in [3.8, 4) is 0 Å². The van der Waals surface area contributed by atoms with Crippen LogP contribution in [0.1, 0.15) is 19.4 Å². The normalized spacial score (nSPS) is 18.6. The number of hydrogen-bond acceptors (Lipinski definition) is 3. The Morgan fingerprint density at radius 3 is 3.00 bits per heavy atom. The Hall–Kier alpha value is -1.000. The van der Waals surface area contributed by atoms with E-state index in [4.69, 9.17) is 0 Å². The third-order valence-electron chi connectivity index (χ3n) is 3.13. The largest absolute Gasteiger partial charge is 0.311 e. The predicted octanol–water partition coefficient (Wildman–Crippen LogP) is 2.30. The van der Waals surface area contributed by atoms with Crippen molar-refractivity contribution >= 4 is 23.4 Å². The number of nitrogens with zero attached hydrogens (tertiary/aromatic N) is 1. The van der Waals surface area contributed by atoms with Gasteiger partial charge >= 0.3 is 0 Å². The molecule has 18 heavy (non-hydrogen) atoms. The fourth-order valence-electron chi connectivity index (χ4n) is 2.33. The smallest absolute Gasteiger partial charge is 0.241 e. The van der Waals surface area contributed by atoms with Gasteiger partial charge in [0.25, 0.3) is 0 Å². The molecule has 4 heteroatoms. The van der Waals surface area contributed by atoms with Crippen LogP contribution in [0.2, 0.25) is 0 Å². The molecule has 1 aliphatic rings. The molecule has 1 aromatic rings. The zero-order valence-corrected chi connectivity index (χ0v) is 12.0. The first-order valence-corrected chi connectivity index (χ1v) is 7.28. The van der Waals surface area contributed by atoms with E-state index in [1.54, 1.807) is 0 Å². The Morgan fingerprint density at radius 2 is 2.33 bits per heavy atom. The summed E-state index contributed by atoms with van der Waals surface area (Å²) in [4.78, 5) is 15.4. The van der Waals surface area contributed by atoms with Gasteiger partial charge in [-0.05, 0) is 25.1 Å². The predicted molar refractivity (Wildman–Crippen MR) is 77.4 cm³/mol. The van der Waals surface area contributed by atoms with E-state index in [-0.39, 0.29) is 5.91 Å². The first kappa shape index (κ1) is 13.4. The fraction of sp³-hybridized carbons (Fsp3) is 0.500. The number of carbonyl (C=O) groups is 1. The molecule has 1 amide bonds. The summed E-state index contributed by atoms with van der Waals surface area (Å²) >= 11 is 1.87. The highest BCUT2D eigenvalue weighted by Gasteiger charge is 2.28. The molecule has 1 unspecified atom stereocenters. The van der Waals surface area contributed by atoms with Crippen LogP contribution in [0.3, 0.4) is 0 Å². The van der Waals surface area contributed by atoms with Crippen LogP contribution in [0.4, 0.5) is 5.69 Å². The lowest BCUT2D eigenvalue weighted by Crippen LogP contribution is -2.43. The Labute approximate surface area is 113 Å². The van der Waals surface area contributed by atoms with E-state index in [0.717, 1.165) is 18.7 Å². The molecule has 0 bridgehead atoms. The van der Waals surface area contributed by atoms with Crippen molar-refractivity contribution in [1.82, 2.24) is 5.32 Å². The number of carbonyl (C=O) groups excluding carboxylic acids is 1. The Kier molecular flexibility index (Phi) is 4.30. The van der Waals surface area contributed by atoms with E-state index in [1.807, 2.05) is 23.7 Å². The highest BCUT2D eigenvalue weighted by molar-refractivity contribution is 8.00. The minimum Gasteiger partial charge on any atom is -0.311 e. The van der Waals surface area contributed by atoms with Gasteiger partial charge in [0, 0.05) is 16.7 Å². The lowest BCUT2D eigenvalue weighted by Gasteiger charge is -2.34. The van der Waals surface area contributed by atoms with Crippen LogP contribution in [-0.2, 0) is 11.2 Å². The second-order valence-corrected chi connectivity index (χ2v) is 6.06. The zero-order chi connectivity index (χ0) is 13.1. The maximum atomic E-state index is 12.2. The molecular formula is C14H20N2OS. The third kappa shape index (κ3) is 2.54.